The van der Waals surface area contributed by atoms with E-state index in [0.717, 1.165) is 6.54 Å². The van der Waals surface area contributed by atoms with E-state index in [4.69, 9.17) is 32.8 Å². The molecule has 1 atom stereocenters. The van der Waals surface area contributed by atoms with E-state index in [1.54, 1.807) is 48.5 Å². The first-order chi connectivity index (χ1) is 24.4. The minimum absolute atomic E-state index is 0. The molecule has 20 nitrogen and oxygen atoms in total. The van der Waals surface area contributed by atoms with E-state index in [1.807, 2.05) is 20.8 Å². The fraction of sp³-hybridized carbons (Fsp3) is 0.258. The second-order valence-electron chi connectivity index (χ2n) is 9.62. The van der Waals surface area contributed by atoms with Crippen LogP contribution in [-0.2, 0) is 39.0 Å². The van der Waals surface area contributed by atoms with Crippen molar-refractivity contribution >= 4 is 57.3 Å². The Labute approximate surface area is 328 Å². The van der Waals surface area contributed by atoms with E-state index in [-0.39, 0.29) is 57.5 Å². The molecule has 0 radical (unpaired) electrons. The van der Waals surface area contributed by atoms with Crippen molar-refractivity contribution in [1.29, 1.82) is 5.41 Å². The summed E-state index contributed by atoms with van der Waals surface area (Å²) in [7, 11) is -2.74. The molecule has 3 aromatic rings. The predicted octanol–water partition coefficient (Wildman–Crippen LogP) is 0.766. The quantitative estimate of drug-likeness (QED) is 0.0196. The van der Waals surface area contributed by atoms with Crippen LogP contribution in [0.25, 0.3) is 20.9 Å². The first-order valence-electron chi connectivity index (χ1n) is 15.0. The summed E-state index contributed by atoms with van der Waals surface area (Å²) in [6, 6.07) is 18.9. The summed E-state index contributed by atoms with van der Waals surface area (Å²) in [4.78, 5) is 55.8. The van der Waals surface area contributed by atoms with Gasteiger partial charge in [-0.25, -0.2) is 0 Å². The molecule has 278 valence electrons. The molecule has 0 aromatic heterocycles. The van der Waals surface area contributed by atoms with Crippen LogP contribution >= 0.6 is 0 Å². The van der Waals surface area contributed by atoms with Crippen LogP contribution in [-0.4, -0.2) is 59.5 Å². The van der Waals surface area contributed by atoms with E-state index < -0.39 is 40.1 Å². The van der Waals surface area contributed by atoms with E-state index >= 15 is 0 Å². The average Bonchev–Trinajstić information content (AvgIpc) is 3.39. The largest absolute Gasteiger partial charge is 1.00 e. The third-order valence-electron chi connectivity index (χ3n) is 5.90. The molecule has 10 N–H and O–H groups in total. The number of nitrogens with two attached hydrogens (primary N) is 2. The number of anilines is 1. The van der Waals surface area contributed by atoms with E-state index in [0.29, 0.717) is 41.3 Å². The van der Waals surface area contributed by atoms with Crippen LogP contribution in [0.2, 0.25) is 0 Å². The van der Waals surface area contributed by atoms with Gasteiger partial charge in [-0.3, -0.25) is 24.6 Å². The number of amides is 4. The zero-order chi connectivity index (χ0) is 38.3. The Kier molecular flexibility index (Phi) is 25.5. The van der Waals surface area contributed by atoms with Gasteiger partial charge in [0, 0.05) is 68.3 Å². The number of carbonyl (C=O) groups is 4. The molecule has 3 aromatic carbocycles. The Hall–Kier alpha value is -5.50. The number of azide groups is 2. The summed E-state index contributed by atoms with van der Waals surface area (Å²) in [5.41, 5.74) is 29.7. The van der Waals surface area contributed by atoms with Crippen LogP contribution in [0.1, 0.15) is 53.5 Å². The first-order valence-corrected chi connectivity index (χ1v) is 16.1. The molecule has 0 aliphatic carbocycles. The number of rotatable bonds is 9. The molecule has 1 heterocycles. The Morgan fingerprint density at radius 2 is 1.23 bits per heavy atom. The van der Waals surface area contributed by atoms with Crippen LogP contribution in [0.4, 0.5) is 17.1 Å². The number of hydroxylamine groups is 2. The molecule has 4 rings (SSSR count). The van der Waals surface area contributed by atoms with Gasteiger partial charge >= 0.3 is 29.6 Å². The summed E-state index contributed by atoms with van der Waals surface area (Å²) in [5.74, 6) is -2.58. The molecule has 0 spiro atoms. The average molecular weight is 764 g/mol. The van der Waals surface area contributed by atoms with Crippen molar-refractivity contribution in [2.45, 2.75) is 32.4 Å². The zero-order valence-electron chi connectivity index (χ0n) is 29.5. The maximum absolute atomic E-state index is 11.7. The van der Waals surface area contributed by atoms with Gasteiger partial charge in [0.25, 0.3) is 23.6 Å². The smallest absolute Gasteiger partial charge is 0.457 e. The molecule has 0 saturated carbocycles. The van der Waals surface area contributed by atoms with Crippen LogP contribution in [0.15, 0.2) is 83.0 Å². The van der Waals surface area contributed by atoms with E-state index in [1.165, 1.54) is 24.3 Å². The van der Waals surface area contributed by atoms with Gasteiger partial charge < -0.3 is 40.8 Å². The number of benzene rings is 3. The molecule has 53 heavy (non-hydrogen) atoms. The SMILES string of the molecule is CCN.CCNC(=O)c1ccc(N)cc1.CCNC(=O)c1ccc(N=[N+]=[N-])cc1.[N-]=[N+]=Nc1ccc(C(=N)ON2C(=O)CC([S-](=O)=O)C2=O)cc1.[Na+].[OH3+]. The molecule has 22 heteroatoms. The number of hydrogen-bond donors (Lipinski definition) is 5. The number of nitrogens with zero attached hydrogens (tertiary/aromatic N) is 7. The van der Waals surface area contributed by atoms with Crippen molar-refractivity contribution in [2.24, 2.45) is 16.0 Å². The first kappa shape index (κ1) is 49.6. The third-order valence-corrected chi connectivity index (χ3v) is 6.74. The molecule has 1 aliphatic rings. The number of carbonyl (C=O) groups excluding carboxylic acids is 4. The van der Waals surface area contributed by atoms with Gasteiger partial charge in [0.05, 0.1) is 0 Å². The van der Waals surface area contributed by atoms with Gasteiger partial charge in [0.2, 0.25) is 5.90 Å². The Bertz CT molecular complexity index is 1820. The van der Waals surface area contributed by atoms with Crippen LogP contribution in [0, 0.1) is 5.41 Å². The van der Waals surface area contributed by atoms with Gasteiger partial charge in [-0.1, -0.05) is 52.1 Å². The Balaban J connectivity index is 0. The minimum atomic E-state index is -2.74. The van der Waals surface area contributed by atoms with Crippen LogP contribution in [0.3, 0.4) is 0 Å². The molecule has 1 saturated heterocycles. The summed E-state index contributed by atoms with van der Waals surface area (Å²) < 4.78 is 21.6. The number of imide groups is 1. The maximum atomic E-state index is 11.7. The maximum Gasteiger partial charge on any atom is 1.00 e. The zero-order valence-corrected chi connectivity index (χ0v) is 32.3. The number of nitrogens with one attached hydrogen (secondary N) is 3. The van der Waals surface area contributed by atoms with E-state index in [9.17, 15) is 27.6 Å². The molecule has 1 fully saturated rings. The fourth-order valence-electron chi connectivity index (χ4n) is 3.59. The van der Waals surface area contributed by atoms with Gasteiger partial charge in [-0.2, -0.15) is 0 Å². The number of nitrogen functional groups attached to an aromatic ring is 1. The summed E-state index contributed by atoms with van der Waals surface area (Å²) >= 11 is 0. The minimum Gasteiger partial charge on any atom is -0.457 e. The third kappa shape index (κ3) is 17.5. The van der Waals surface area contributed by atoms with Gasteiger partial charge in [0.15, 0.2) is 0 Å². The molecule has 4 amide bonds. The predicted molar refractivity (Wildman–Crippen MR) is 194 cm³/mol. The molecule has 0 bridgehead atoms. The van der Waals surface area contributed by atoms with Gasteiger partial charge in [0.1, 0.15) is 0 Å². The van der Waals surface area contributed by atoms with Crippen LogP contribution in [0.5, 0.6) is 0 Å². The molecule has 1 unspecified atom stereocenters. The van der Waals surface area contributed by atoms with Crippen molar-refractivity contribution in [1.82, 2.24) is 15.7 Å². The van der Waals surface area contributed by atoms with Crippen LogP contribution < -0.4 is 51.7 Å². The van der Waals surface area contributed by atoms with Crippen molar-refractivity contribution in [3.05, 3.63) is 110 Å². The monoisotopic (exact) mass is 763 g/mol. The summed E-state index contributed by atoms with van der Waals surface area (Å²) in [6.07, 6.45) is -0.516. The normalized spacial score (nSPS) is 12.1. The van der Waals surface area contributed by atoms with Crippen molar-refractivity contribution in [3.8, 4) is 0 Å². The van der Waals surface area contributed by atoms with E-state index in [2.05, 4.69) is 30.7 Å². The summed E-state index contributed by atoms with van der Waals surface area (Å²) in [5, 5.41) is 18.6. The number of hydrogen-bond acceptors (Lipinski definition) is 13. The second kappa shape index (κ2) is 27.2. The van der Waals surface area contributed by atoms with Gasteiger partial charge in [-0.15, -0.1) is 5.06 Å². The van der Waals surface area contributed by atoms with Crippen molar-refractivity contribution < 1.29 is 67.5 Å². The van der Waals surface area contributed by atoms with Crippen molar-refractivity contribution in [3.63, 3.8) is 0 Å². The van der Waals surface area contributed by atoms with Gasteiger partial charge in [-0.05, 0) is 80.0 Å². The topological polar surface area (TPSA) is 345 Å². The Morgan fingerprint density at radius 1 is 0.849 bits per heavy atom. The second-order valence-corrected chi connectivity index (χ2v) is 10.7. The Morgan fingerprint density at radius 3 is 1.57 bits per heavy atom. The fourth-order valence-corrected chi connectivity index (χ4v) is 4.13. The molecule has 1 aliphatic heterocycles. The summed E-state index contributed by atoms with van der Waals surface area (Å²) in [6.45, 7) is 7.63. The molecular weight excluding hydrogens is 723 g/mol. The van der Waals surface area contributed by atoms with Crippen molar-refractivity contribution in [2.75, 3.05) is 25.4 Å². The molecular formula is C31H40N12NaO8S+. The standard InChI is InChI=1S/C11H8N5O5S.C9H10N4O.C9H12N2O.C2H7N.Na.H2O/c12-10(6-1-3-7(4-2-6)14-15-13)21-16-9(17)5-8(11(16)18)22(19)20;1-2-11-9(14)7-3-5-8(6-4-7)12-13-10;1-2-11-9(12)7-3-5-8(10)6-4-7;1-2-3;;/h1-4,8,12H,5H2;3-6H,2H2,1H3,(H,11,14);3-6H,2,10H2,1H3,(H,11,12);2-3H2,1H3;;1H2/q-1;;;;+1;/p+1.